The molecule has 0 spiro atoms. The van der Waals surface area contributed by atoms with Crippen molar-refractivity contribution in [2.24, 2.45) is 5.92 Å². The van der Waals surface area contributed by atoms with Crippen molar-refractivity contribution < 1.29 is 24.2 Å². The van der Waals surface area contributed by atoms with Gasteiger partial charge >= 0.3 is 5.97 Å². The van der Waals surface area contributed by atoms with Gasteiger partial charge in [-0.3, -0.25) is 14.4 Å². The van der Waals surface area contributed by atoms with Crippen LogP contribution in [0, 0.1) is 5.92 Å². The normalized spacial score (nSPS) is 17.9. The predicted octanol–water partition coefficient (Wildman–Crippen LogP) is 5.25. The van der Waals surface area contributed by atoms with E-state index in [0.29, 0.717) is 13.2 Å². The number of anilines is 2. The standard InChI is InChI=1S/C34H37N3O5/c38-32(39)15-17-37(34(41)25-10-11-25)21-23-5-3-8-26(19-23)27-12-13-30(29(20-27)35-33(40)31-9-4-18-42-31)36-16-14-24-6-1-2-7-28(24)22-36/h1-3,5-8,12-13,19-20,25,31H,4,9-11,14-18,21-22H2,(H,35,40)(H,38,39). The van der Waals surface area contributed by atoms with E-state index >= 15 is 0 Å². The molecule has 3 aliphatic rings. The molecule has 2 heterocycles. The summed E-state index contributed by atoms with van der Waals surface area (Å²) < 4.78 is 5.67. The van der Waals surface area contributed by atoms with Crippen molar-refractivity contribution in [2.45, 2.75) is 57.7 Å². The Hall–Kier alpha value is -4.17. The van der Waals surface area contributed by atoms with Gasteiger partial charge in [0, 0.05) is 38.7 Å². The fraction of sp³-hybridized carbons (Fsp3) is 0.382. The molecule has 0 radical (unpaired) electrons. The van der Waals surface area contributed by atoms with Crippen molar-refractivity contribution in [3.05, 3.63) is 83.4 Å². The Kier molecular flexibility index (Phi) is 8.24. The van der Waals surface area contributed by atoms with Gasteiger partial charge in [-0.2, -0.15) is 0 Å². The van der Waals surface area contributed by atoms with Gasteiger partial charge in [0.1, 0.15) is 6.10 Å². The summed E-state index contributed by atoms with van der Waals surface area (Å²) in [7, 11) is 0. The Morgan fingerprint density at radius 1 is 0.952 bits per heavy atom. The number of nitrogens with zero attached hydrogens (tertiary/aromatic N) is 2. The molecule has 6 rings (SSSR count). The van der Waals surface area contributed by atoms with E-state index in [0.717, 1.165) is 73.3 Å². The van der Waals surface area contributed by atoms with Crippen LogP contribution < -0.4 is 10.2 Å². The van der Waals surface area contributed by atoms with E-state index in [9.17, 15) is 19.5 Å². The molecule has 2 aliphatic heterocycles. The van der Waals surface area contributed by atoms with Gasteiger partial charge < -0.3 is 25.0 Å². The Labute approximate surface area is 246 Å². The van der Waals surface area contributed by atoms with Gasteiger partial charge in [-0.25, -0.2) is 0 Å². The van der Waals surface area contributed by atoms with Gasteiger partial charge in [0.25, 0.3) is 5.91 Å². The SMILES string of the molecule is O=C(O)CCN(Cc1cccc(-c2ccc(N3CCc4ccccc4C3)c(NC(=O)C3CCCO3)c2)c1)C(=O)C1CC1. The number of rotatable bonds is 10. The number of hydrogen-bond donors (Lipinski definition) is 2. The number of fused-ring (bicyclic) bond motifs is 1. The number of carboxylic acid groups (broad SMARTS) is 1. The zero-order valence-electron chi connectivity index (χ0n) is 23.8. The molecule has 1 aliphatic carbocycles. The third kappa shape index (κ3) is 6.49. The highest BCUT2D eigenvalue weighted by atomic mass is 16.5. The Morgan fingerprint density at radius 3 is 2.52 bits per heavy atom. The van der Waals surface area contributed by atoms with Crippen LogP contribution in [0.15, 0.2) is 66.7 Å². The van der Waals surface area contributed by atoms with Gasteiger partial charge in [-0.05, 0) is 78.1 Å². The van der Waals surface area contributed by atoms with Crippen LogP contribution in [-0.2, 0) is 38.6 Å². The van der Waals surface area contributed by atoms with E-state index in [4.69, 9.17) is 4.74 Å². The predicted molar refractivity (Wildman–Crippen MR) is 161 cm³/mol. The molecule has 0 aromatic heterocycles. The van der Waals surface area contributed by atoms with Crippen molar-refractivity contribution in [3.63, 3.8) is 0 Å². The topological polar surface area (TPSA) is 99.2 Å². The molecule has 8 nitrogen and oxygen atoms in total. The van der Waals surface area contributed by atoms with Crippen molar-refractivity contribution in [3.8, 4) is 11.1 Å². The molecular formula is C34H37N3O5. The van der Waals surface area contributed by atoms with Crippen LogP contribution in [0.4, 0.5) is 11.4 Å². The zero-order valence-corrected chi connectivity index (χ0v) is 23.8. The summed E-state index contributed by atoms with van der Waals surface area (Å²) in [5.74, 6) is -0.975. The number of amides is 2. The lowest BCUT2D eigenvalue weighted by Gasteiger charge is -2.32. The number of hydrogen-bond acceptors (Lipinski definition) is 5. The van der Waals surface area contributed by atoms with Gasteiger partial charge in [-0.15, -0.1) is 0 Å². The van der Waals surface area contributed by atoms with Crippen LogP contribution in [0.5, 0.6) is 0 Å². The molecule has 8 heteroatoms. The Morgan fingerprint density at radius 2 is 1.76 bits per heavy atom. The highest BCUT2D eigenvalue weighted by Crippen LogP contribution is 2.36. The number of aliphatic carboxylic acids is 1. The third-order valence-electron chi connectivity index (χ3n) is 8.42. The lowest BCUT2D eigenvalue weighted by atomic mass is 9.98. The number of carboxylic acids is 1. The maximum Gasteiger partial charge on any atom is 0.305 e. The lowest BCUT2D eigenvalue weighted by Crippen LogP contribution is -2.33. The number of ether oxygens (including phenoxy) is 1. The Balaban J connectivity index is 1.27. The van der Waals surface area contributed by atoms with Crippen LogP contribution in [0.2, 0.25) is 0 Å². The van der Waals surface area contributed by atoms with Crippen LogP contribution in [-0.4, -0.2) is 53.6 Å². The molecule has 2 fully saturated rings. The summed E-state index contributed by atoms with van der Waals surface area (Å²) in [4.78, 5) is 41.3. The quantitative estimate of drug-likeness (QED) is 0.347. The minimum Gasteiger partial charge on any atom is -0.481 e. The van der Waals surface area contributed by atoms with Crippen molar-refractivity contribution in [1.82, 2.24) is 4.90 Å². The van der Waals surface area contributed by atoms with Crippen molar-refractivity contribution >= 4 is 29.2 Å². The van der Waals surface area contributed by atoms with Crippen LogP contribution >= 0.6 is 0 Å². The van der Waals surface area contributed by atoms with E-state index in [1.54, 1.807) is 4.90 Å². The summed E-state index contributed by atoms with van der Waals surface area (Å²) in [5, 5.41) is 12.4. The number of carbonyl (C=O) groups excluding carboxylic acids is 2. The average molecular weight is 568 g/mol. The first kappa shape index (κ1) is 28.0. The first-order valence-corrected chi connectivity index (χ1v) is 14.9. The molecular weight excluding hydrogens is 530 g/mol. The zero-order chi connectivity index (χ0) is 29.1. The molecule has 3 aromatic rings. The Bertz CT molecular complexity index is 1480. The van der Waals surface area contributed by atoms with Gasteiger partial charge in [0.2, 0.25) is 5.91 Å². The molecule has 1 atom stereocenters. The summed E-state index contributed by atoms with van der Waals surface area (Å²) in [6.45, 7) is 2.80. The summed E-state index contributed by atoms with van der Waals surface area (Å²) in [6, 6.07) is 22.7. The van der Waals surface area contributed by atoms with E-state index in [-0.39, 0.29) is 30.7 Å². The number of carbonyl (C=O) groups is 3. The summed E-state index contributed by atoms with van der Waals surface area (Å²) in [5.41, 5.74) is 7.25. The smallest absolute Gasteiger partial charge is 0.305 e. The third-order valence-corrected chi connectivity index (χ3v) is 8.42. The van der Waals surface area contributed by atoms with E-state index < -0.39 is 12.1 Å². The second-order valence-electron chi connectivity index (χ2n) is 11.5. The monoisotopic (exact) mass is 567 g/mol. The average Bonchev–Trinajstić information content (AvgIpc) is 3.71. The minimum absolute atomic E-state index is 0.0197. The fourth-order valence-electron chi connectivity index (χ4n) is 5.95. The maximum absolute atomic E-state index is 13.2. The molecule has 3 aromatic carbocycles. The molecule has 42 heavy (non-hydrogen) atoms. The van der Waals surface area contributed by atoms with E-state index in [1.165, 1.54) is 11.1 Å². The second-order valence-corrected chi connectivity index (χ2v) is 11.5. The largest absolute Gasteiger partial charge is 0.481 e. The minimum atomic E-state index is -0.910. The van der Waals surface area contributed by atoms with Crippen LogP contribution in [0.1, 0.15) is 48.8 Å². The summed E-state index contributed by atoms with van der Waals surface area (Å²) >= 11 is 0. The van der Waals surface area contributed by atoms with E-state index in [1.807, 2.05) is 30.3 Å². The molecule has 218 valence electrons. The molecule has 1 unspecified atom stereocenters. The van der Waals surface area contributed by atoms with Gasteiger partial charge in [0.05, 0.1) is 17.8 Å². The molecule has 1 saturated heterocycles. The first-order chi connectivity index (χ1) is 20.4. The lowest BCUT2D eigenvalue weighted by molar-refractivity contribution is -0.139. The fourth-order valence-corrected chi connectivity index (χ4v) is 5.95. The van der Waals surface area contributed by atoms with Crippen molar-refractivity contribution in [2.75, 3.05) is 29.9 Å². The van der Waals surface area contributed by atoms with Crippen LogP contribution in [0.25, 0.3) is 11.1 Å². The second kappa shape index (κ2) is 12.4. The molecule has 1 saturated carbocycles. The molecule has 2 amide bonds. The van der Waals surface area contributed by atoms with Gasteiger partial charge in [0.15, 0.2) is 0 Å². The van der Waals surface area contributed by atoms with Gasteiger partial charge in [-0.1, -0.05) is 48.5 Å². The highest BCUT2D eigenvalue weighted by molar-refractivity contribution is 5.98. The number of benzene rings is 3. The molecule has 2 N–H and O–H groups in total. The van der Waals surface area contributed by atoms with E-state index in [2.05, 4.69) is 46.6 Å². The first-order valence-electron chi connectivity index (χ1n) is 14.9. The maximum atomic E-state index is 13.2. The van der Waals surface area contributed by atoms with Crippen LogP contribution in [0.3, 0.4) is 0 Å². The summed E-state index contributed by atoms with van der Waals surface area (Å²) in [6.07, 6.45) is 3.78. The molecule has 0 bridgehead atoms. The highest BCUT2D eigenvalue weighted by Gasteiger charge is 2.33. The van der Waals surface area contributed by atoms with Crippen molar-refractivity contribution in [1.29, 1.82) is 0 Å². The number of nitrogens with one attached hydrogen (secondary N) is 1.